The third-order valence-electron chi connectivity index (χ3n) is 9.15. The molecule has 3 aromatic rings. The first-order chi connectivity index (χ1) is 26.3. The molecule has 3 heterocycles. The van der Waals surface area contributed by atoms with E-state index in [1.165, 1.54) is 17.9 Å². The minimum atomic E-state index is -4.81. The molecule has 15 nitrogen and oxygen atoms in total. The topological polar surface area (TPSA) is 156 Å². The fraction of sp³-hybridized carbons (Fsp3) is 0.647. The number of halogens is 5. The maximum Gasteiger partial charge on any atom is 0.408 e. The van der Waals surface area contributed by atoms with Crippen molar-refractivity contribution in [2.24, 2.45) is 0 Å². The predicted octanol–water partition coefficient (Wildman–Crippen LogP) is 6.33. The Hall–Kier alpha value is -3.98. The Morgan fingerprint density at radius 1 is 1.11 bits per heavy atom. The molecule has 0 unspecified atom stereocenters. The summed E-state index contributed by atoms with van der Waals surface area (Å²) in [6.07, 6.45) is -8.18. The molecule has 2 aromatic heterocycles. The number of piperazine rings is 1. The number of carbonyl (C=O) groups excluding carboxylic acids is 2. The maximum atomic E-state index is 14.7. The quantitative estimate of drug-likeness (QED) is 0.0639. The molecular weight excluding hydrogens is 818 g/mol. The molecule has 1 aromatic carbocycles. The number of alkyl halides is 5. The van der Waals surface area contributed by atoms with Crippen LogP contribution in [0.5, 0.6) is 0 Å². The third kappa shape index (κ3) is 10.6. The van der Waals surface area contributed by atoms with Gasteiger partial charge in [0.05, 0.1) is 28.9 Å². The molecule has 1 saturated heterocycles. The van der Waals surface area contributed by atoms with Crippen LogP contribution in [0.4, 0.5) is 32.4 Å². The monoisotopic (exact) mass is 863 g/mol. The number of amides is 2. The number of sulfonamides is 1. The van der Waals surface area contributed by atoms with Crippen LogP contribution < -0.4 is 10.2 Å². The average Bonchev–Trinajstić information content (AvgIpc) is 3.56. The normalized spacial score (nSPS) is 16.9. The van der Waals surface area contributed by atoms with Crippen LogP contribution in [-0.2, 0) is 30.8 Å². The van der Waals surface area contributed by atoms with Crippen molar-refractivity contribution < 1.29 is 49.4 Å². The van der Waals surface area contributed by atoms with Gasteiger partial charge in [-0.2, -0.15) is 18.3 Å². The molecular formula is C34H46F5N9O6S2Si. The number of hydrogen-bond acceptors (Lipinski definition) is 11. The van der Waals surface area contributed by atoms with Gasteiger partial charge in [-0.05, 0) is 45.9 Å². The summed E-state index contributed by atoms with van der Waals surface area (Å²) < 4.78 is 112. The van der Waals surface area contributed by atoms with Crippen LogP contribution in [0.3, 0.4) is 0 Å². The molecule has 1 aliphatic heterocycles. The van der Waals surface area contributed by atoms with Gasteiger partial charge < -0.3 is 24.6 Å². The van der Waals surface area contributed by atoms with Crippen molar-refractivity contribution in [3.05, 3.63) is 28.6 Å². The highest BCUT2D eigenvalue weighted by molar-refractivity contribution is 7.89. The molecule has 23 heteroatoms. The van der Waals surface area contributed by atoms with Gasteiger partial charge in [0.2, 0.25) is 5.91 Å². The van der Waals surface area contributed by atoms with Gasteiger partial charge in [-0.3, -0.25) is 14.3 Å². The summed E-state index contributed by atoms with van der Waals surface area (Å²) in [5, 5.41) is 12.8. The lowest BCUT2D eigenvalue weighted by atomic mass is 10.1. The first-order valence-electron chi connectivity index (χ1n) is 18.1. The molecule has 2 aliphatic rings. The van der Waals surface area contributed by atoms with Gasteiger partial charge in [-0.1, -0.05) is 35.3 Å². The number of nitrogens with zero attached hydrogens (tertiary/aromatic N) is 8. The van der Waals surface area contributed by atoms with E-state index >= 15 is 0 Å². The molecule has 0 spiro atoms. The van der Waals surface area contributed by atoms with Crippen molar-refractivity contribution in [3.63, 3.8) is 0 Å². The molecule has 5 rings (SSSR count). The lowest BCUT2D eigenvalue weighted by molar-refractivity contribution is -0.141. The number of hydrogen-bond donors (Lipinski definition) is 1. The second-order valence-corrected chi connectivity index (χ2v) is 24.7. The summed E-state index contributed by atoms with van der Waals surface area (Å²) in [6, 6.07) is 2.06. The van der Waals surface area contributed by atoms with Gasteiger partial charge >= 0.3 is 17.9 Å². The maximum absolute atomic E-state index is 14.7. The Labute approximate surface area is 332 Å². The Morgan fingerprint density at radius 3 is 2.28 bits per heavy atom. The third-order valence-corrected chi connectivity index (χ3v) is 13.7. The molecule has 1 N–H and O–H groups in total. The van der Waals surface area contributed by atoms with E-state index in [9.17, 15) is 40.0 Å². The summed E-state index contributed by atoms with van der Waals surface area (Å²) in [6.45, 7) is 19.0. The van der Waals surface area contributed by atoms with Crippen LogP contribution in [0.15, 0.2) is 17.0 Å². The van der Waals surface area contributed by atoms with E-state index in [0.29, 0.717) is 16.0 Å². The van der Waals surface area contributed by atoms with Crippen LogP contribution in [0.25, 0.3) is 26.4 Å². The number of alkyl carbamates (subject to hydrolysis) is 1. The SMILES string of the molecule is [C-]#[N+]C1(N(COCC[Si](C)(C)C)S(=O)(=O)c2cc(N3CCN(C(=O)[C@H](C)NC(=O)OC(C)(C)C)CC3)c3c(c2)c(-c2nnc(C(F)F)s2)nn3CC(F)(F)F)CC1. The van der Waals surface area contributed by atoms with E-state index in [-0.39, 0.29) is 72.9 Å². The largest absolute Gasteiger partial charge is 0.444 e. The van der Waals surface area contributed by atoms with Gasteiger partial charge in [-0.15, -0.1) is 10.2 Å². The molecule has 1 atom stereocenters. The van der Waals surface area contributed by atoms with E-state index in [2.05, 4.69) is 45.1 Å². The Morgan fingerprint density at radius 2 is 1.75 bits per heavy atom. The molecule has 1 saturated carbocycles. The zero-order chi connectivity index (χ0) is 42.3. The van der Waals surface area contributed by atoms with Crippen molar-refractivity contribution in [1.82, 2.24) is 34.5 Å². The Kier molecular flexibility index (Phi) is 12.7. The van der Waals surface area contributed by atoms with E-state index < -0.39 is 83.2 Å². The number of ether oxygens (including phenoxy) is 2. The van der Waals surface area contributed by atoms with E-state index in [4.69, 9.17) is 16.0 Å². The second-order valence-electron chi connectivity index (χ2n) is 16.2. The summed E-state index contributed by atoms with van der Waals surface area (Å²) in [7, 11) is -6.20. The van der Waals surface area contributed by atoms with Crippen LogP contribution in [-0.4, -0.2) is 121 Å². The fourth-order valence-electron chi connectivity index (χ4n) is 6.10. The molecule has 1 aliphatic carbocycles. The van der Waals surface area contributed by atoms with Crippen molar-refractivity contribution in [2.75, 3.05) is 44.4 Å². The molecule has 314 valence electrons. The van der Waals surface area contributed by atoms with Gasteiger partial charge in [0.1, 0.15) is 30.6 Å². The number of fused-ring (bicyclic) bond motifs is 1. The average molecular weight is 864 g/mol. The number of carbonyl (C=O) groups is 2. The van der Waals surface area contributed by atoms with Crippen LogP contribution >= 0.6 is 11.3 Å². The van der Waals surface area contributed by atoms with E-state index in [1.807, 2.05) is 0 Å². The Bertz CT molecular complexity index is 2120. The number of rotatable bonds is 14. The number of benzene rings is 1. The first kappa shape index (κ1) is 44.1. The highest BCUT2D eigenvalue weighted by atomic mass is 32.2. The molecule has 57 heavy (non-hydrogen) atoms. The summed E-state index contributed by atoms with van der Waals surface area (Å²) in [4.78, 5) is 32.0. The number of nitrogens with one attached hydrogen (secondary N) is 1. The molecule has 2 amide bonds. The lowest BCUT2D eigenvalue weighted by Crippen LogP contribution is -2.54. The highest BCUT2D eigenvalue weighted by Crippen LogP contribution is 2.47. The van der Waals surface area contributed by atoms with Gasteiger partial charge in [0.15, 0.2) is 10.0 Å². The van der Waals surface area contributed by atoms with Crippen molar-refractivity contribution in [3.8, 4) is 10.7 Å². The molecule has 0 radical (unpaired) electrons. The fourth-order valence-corrected chi connectivity index (χ4v) is 9.22. The van der Waals surface area contributed by atoms with E-state index in [0.717, 1.165) is 16.4 Å². The standard InChI is InChI=1S/C34H46F5N9O6S2Si/c1-21(41-31(50)54-32(2,3)4)30(49)46-13-11-45(12-14-46)24-18-22(56(51,52)48(33(40-5)9-10-33)20-53-15-16-57(6,7)8)17-23-25(28-42-43-29(55-28)27(35)36)44-47(26(23)24)19-34(37,38)39/h17-18,21,27H,9-16,19-20H2,1-4,6-8H3,(H,41,50)/t21-/m0/s1. The first-order valence-corrected chi connectivity index (χ1v) is 24.1. The number of aromatic nitrogens is 4. The van der Waals surface area contributed by atoms with Crippen LogP contribution in [0.2, 0.25) is 25.7 Å². The zero-order valence-corrected chi connectivity index (χ0v) is 35.2. The summed E-state index contributed by atoms with van der Waals surface area (Å²) in [5.41, 5.74) is -2.68. The van der Waals surface area contributed by atoms with Gasteiger partial charge in [0.25, 0.3) is 16.4 Å². The summed E-state index contributed by atoms with van der Waals surface area (Å²) >= 11 is 0.405. The second kappa shape index (κ2) is 16.3. The van der Waals surface area contributed by atoms with Crippen molar-refractivity contribution in [1.29, 1.82) is 0 Å². The zero-order valence-electron chi connectivity index (χ0n) is 32.6. The molecule has 2 fully saturated rings. The predicted molar refractivity (Wildman–Crippen MR) is 204 cm³/mol. The Balaban J connectivity index is 1.59. The van der Waals surface area contributed by atoms with Crippen LogP contribution in [0, 0.1) is 6.57 Å². The van der Waals surface area contributed by atoms with Gasteiger partial charge in [-0.25, -0.2) is 28.6 Å². The lowest BCUT2D eigenvalue weighted by Gasteiger charge is -2.37. The minimum absolute atomic E-state index is 0.00645. The molecule has 0 bridgehead atoms. The van der Waals surface area contributed by atoms with Crippen molar-refractivity contribution >= 4 is 58.0 Å². The van der Waals surface area contributed by atoms with Gasteiger partial charge in [0, 0.05) is 46.2 Å². The minimum Gasteiger partial charge on any atom is -0.444 e. The summed E-state index contributed by atoms with van der Waals surface area (Å²) in [5.74, 6) is -0.448. The number of anilines is 1. The van der Waals surface area contributed by atoms with Crippen molar-refractivity contribution in [2.45, 2.75) is 108 Å². The smallest absolute Gasteiger partial charge is 0.408 e. The highest BCUT2D eigenvalue weighted by Gasteiger charge is 2.61. The van der Waals surface area contributed by atoms with E-state index in [1.54, 1.807) is 25.7 Å². The van der Waals surface area contributed by atoms with Crippen LogP contribution in [0.1, 0.15) is 52.0 Å².